The van der Waals surface area contributed by atoms with Crippen molar-refractivity contribution in [3.05, 3.63) is 29.3 Å². The van der Waals surface area contributed by atoms with E-state index >= 15 is 0 Å². The van der Waals surface area contributed by atoms with E-state index in [4.69, 9.17) is 9.47 Å². The van der Waals surface area contributed by atoms with E-state index in [9.17, 15) is 8.42 Å². The van der Waals surface area contributed by atoms with Gasteiger partial charge in [-0.1, -0.05) is 12.5 Å². The molecule has 7 nitrogen and oxygen atoms in total. The van der Waals surface area contributed by atoms with Gasteiger partial charge in [-0.15, -0.1) is 0 Å². The van der Waals surface area contributed by atoms with E-state index in [1.807, 2.05) is 0 Å². The second kappa shape index (κ2) is 9.35. The molecule has 1 aliphatic heterocycles. The normalized spacial score (nSPS) is 29.2. The molecule has 8 heteroatoms. The second-order valence-corrected chi connectivity index (χ2v) is 11.1. The van der Waals surface area contributed by atoms with Crippen molar-refractivity contribution < 1.29 is 17.9 Å². The minimum Gasteiger partial charge on any atom is -0.492 e. The first kappa shape index (κ1) is 21.6. The van der Waals surface area contributed by atoms with Gasteiger partial charge in [0, 0.05) is 31.7 Å². The first-order valence-corrected chi connectivity index (χ1v) is 13.4. The number of hydrogen-bond acceptors (Lipinski definition) is 5. The zero-order chi connectivity index (χ0) is 21.3. The summed E-state index contributed by atoms with van der Waals surface area (Å²) >= 11 is 0. The number of ether oxygens (including phenoxy) is 2. The highest BCUT2D eigenvalue weighted by Gasteiger charge is 2.41. The average molecular weight is 450 g/mol. The minimum atomic E-state index is -3.44. The van der Waals surface area contributed by atoms with E-state index in [2.05, 4.69) is 32.5 Å². The average Bonchev–Trinajstić information content (AvgIpc) is 2.99. The fourth-order valence-electron chi connectivity index (χ4n) is 5.54. The van der Waals surface area contributed by atoms with Crippen LogP contribution in [0.15, 0.2) is 18.2 Å². The molecule has 0 aromatic heterocycles. The third kappa shape index (κ3) is 5.25. The Balaban J connectivity index is 1.20. The highest BCUT2D eigenvalue weighted by Crippen LogP contribution is 2.41. The van der Waals surface area contributed by atoms with Crippen molar-refractivity contribution in [2.24, 2.45) is 11.8 Å². The molecule has 0 amide bonds. The van der Waals surface area contributed by atoms with Crippen LogP contribution in [-0.2, 0) is 27.8 Å². The topological polar surface area (TPSA) is 79.9 Å². The Morgan fingerprint density at radius 2 is 1.74 bits per heavy atom. The van der Waals surface area contributed by atoms with Crippen LogP contribution in [-0.4, -0.2) is 64.9 Å². The minimum absolute atomic E-state index is 0.0238. The van der Waals surface area contributed by atoms with Gasteiger partial charge in [0.05, 0.1) is 13.2 Å². The molecule has 2 N–H and O–H groups in total. The van der Waals surface area contributed by atoms with Crippen LogP contribution in [0, 0.1) is 11.8 Å². The molecule has 1 saturated heterocycles. The van der Waals surface area contributed by atoms with Crippen molar-refractivity contribution in [1.29, 1.82) is 0 Å². The Hall–Kier alpha value is -1.19. The number of benzene rings is 1. The maximum absolute atomic E-state index is 12.7. The third-order valence-electron chi connectivity index (χ3n) is 7.56. The third-order valence-corrected chi connectivity index (χ3v) is 8.79. The second-order valence-electron chi connectivity index (χ2n) is 9.63. The van der Waals surface area contributed by atoms with Gasteiger partial charge >= 0.3 is 0 Å². The van der Waals surface area contributed by atoms with Crippen LogP contribution in [0.2, 0.25) is 0 Å². The maximum Gasteiger partial charge on any atom is 0.277 e. The molecule has 1 aromatic carbocycles. The molecule has 2 saturated carbocycles. The molecule has 0 unspecified atom stereocenters. The van der Waals surface area contributed by atoms with E-state index in [0.717, 1.165) is 83.5 Å². The fourth-order valence-corrected chi connectivity index (χ4v) is 7.03. The van der Waals surface area contributed by atoms with Gasteiger partial charge in [-0.05, 0) is 73.6 Å². The summed E-state index contributed by atoms with van der Waals surface area (Å²) in [6, 6.07) is 6.60. The zero-order valence-electron chi connectivity index (χ0n) is 18.2. The van der Waals surface area contributed by atoms with Gasteiger partial charge in [0.25, 0.3) is 10.2 Å². The summed E-state index contributed by atoms with van der Waals surface area (Å²) in [5.74, 6) is 1.65. The van der Waals surface area contributed by atoms with Crippen molar-refractivity contribution >= 4 is 10.2 Å². The highest BCUT2D eigenvalue weighted by molar-refractivity contribution is 7.87. The van der Waals surface area contributed by atoms with E-state index < -0.39 is 10.2 Å². The molecule has 0 radical (unpaired) electrons. The molecule has 1 heterocycles. The summed E-state index contributed by atoms with van der Waals surface area (Å²) in [4.78, 5) is 2.38. The molecule has 0 spiro atoms. The number of hydrogen-bond donors (Lipinski definition) is 2. The van der Waals surface area contributed by atoms with Gasteiger partial charge in [-0.25, -0.2) is 0 Å². The standard InChI is InChI=1S/C23H35N3O4S/c27-31(28,24-21-2-1-3-21)25-23-18-4-5-19(23)15-20-16-22(7-6-17(20)14-18)30-13-10-26-8-11-29-12-9-26/h6-7,16,18-19,21,23-25H,1-5,8-15H2/t18-,19-,23-/m0/s1. The number of nitrogens with zero attached hydrogens (tertiary/aromatic N) is 1. The molecule has 5 rings (SSSR count). The Morgan fingerprint density at radius 1 is 1.00 bits per heavy atom. The summed E-state index contributed by atoms with van der Waals surface area (Å²) in [6.45, 7) is 5.17. The SMILES string of the molecule is O=S(=O)(NC1CCC1)N[C@H]1[C@H]2CC[C@H]1Cc1cc(OCCN3CCOCC3)ccc1C2. The smallest absolute Gasteiger partial charge is 0.277 e. The van der Waals surface area contributed by atoms with Crippen molar-refractivity contribution in [1.82, 2.24) is 14.3 Å². The molecule has 1 aromatic rings. The predicted molar refractivity (Wildman–Crippen MR) is 119 cm³/mol. The van der Waals surface area contributed by atoms with Crippen molar-refractivity contribution in [3.8, 4) is 5.75 Å². The van der Waals surface area contributed by atoms with Gasteiger partial charge < -0.3 is 9.47 Å². The van der Waals surface area contributed by atoms with Gasteiger partial charge in [0.15, 0.2) is 0 Å². The van der Waals surface area contributed by atoms with Gasteiger partial charge in [-0.2, -0.15) is 17.9 Å². The largest absolute Gasteiger partial charge is 0.492 e. The van der Waals surface area contributed by atoms with Crippen LogP contribution >= 0.6 is 0 Å². The molecule has 2 bridgehead atoms. The molecule has 3 fully saturated rings. The molecule has 3 aliphatic carbocycles. The van der Waals surface area contributed by atoms with E-state index in [1.165, 1.54) is 11.1 Å². The predicted octanol–water partition coefficient (Wildman–Crippen LogP) is 1.87. The van der Waals surface area contributed by atoms with Crippen LogP contribution < -0.4 is 14.2 Å². The monoisotopic (exact) mass is 449 g/mol. The summed E-state index contributed by atoms with van der Waals surface area (Å²) < 4.78 is 42.6. The van der Waals surface area contributed by atoms with E-state index in [-0.39, 0.29) is 12.1 Å². The summed E-state index contributed by atoms with van der Waals surface area (Å²) in [5, 5.41) is 0. The van der Waals surface area contributed by atoms with Crippen LogP contribution in [0.5, 0.6) is 5.75 Å². The number of fused-ring (bicyclic) bond motifs is 3. The molecular weight excluding hydrogens is 414 g/mol. The Labute approximate surface area is 186 Å². The van der Waals surface area contributed by atoms with Crippen molar-refractivity contribution in [2.75, 3.05) is 39.5 Å². The van der Waals surface area contributed by atoms with Crippen LogP contribution in [0.4, 0.5) is 0 Å². The maximum atomic E-state index is 12.7. The van der Waals surface area contributed by atoms with Crippen molar-refractivity contribution in [2.45, 2.75) is 57.0 Å². The van der Waals surface area contributed by atoms with E-state index in [1.54, 1.807) is 0 Å². The van der Waals surface area contributed by atoms with Gasteiger partial charge in [0.2, 0.25) is 0 Å². The lowest BCUT2D eigenvalue weighted by Gasteiger charge is -2.29. The van der Waals surface area contributed by atoms with Gasteiger partial charge in [-0.3, -0.25) is 4.90 Å². The Bertz CT molecular complexity index is 868. The fraction of sp³-hybridized carbons (Fsp3) is 0.739. The van der Waals surface area contributed by atoms with Crippen LogP contribution in [0.25, 0.3) is 0 Å². The number of morpholine rings is 1. The lowest BCUT2D eigenvalue weighted by molar-refractivity contribution is 0.0322. The zero-order valence-corrected chi connectivity index (χ0v) is 19.0. The first-order valence-electron chi connectivity index (χ1n) is 11.9. The van der Waals surface area contributed by atoms with Gasteiger partial charge in [0.1, 0.15) is 12.4 Å². The lowest BCUT2D eigenvalue weighted by atomic mass is 9.93. The number of rotatable bonds is 8. The van der Waals surface area contributed by atoms with Crippen LogP contribution in [0.3, 0.4) is 0 Å². The molecule has 172 valence electrons. The number of nitrogens with one attached hydrogen (secondary N) is 2. The summed E-state index contributed by atoms with van der Waals surface area (Å²) in [6.07, 6.45) is 7.07. The van der Waals surface area contributed by atoms with Crippen molar-refractivity contribution in [3.63, 3.8) is 0 Å². The first-order chi connectivity index (χ1) is 15.1. The quantitative estimate of drug-likeness (QED) is 0.633. The molecular formula is C23H35N3O4S. The molecule has 4 aliphatic rings. The molecule has 3 atom stereocenters. The Morgan fingerprint density at radius 3 is 2.45 bits per heavy atom. The van der Waals surface area contributed by atoms with E-state index in [0.29, 0.717) is 18.4 Å². The highest BCUT2D eigenvalue weighted by atomic mass is 32.2. The van der Waals surface area contributed by atoms with Crippen LogP contribution in [0.1, 0.15) is 43.2 Å². The summed E-state index contributed by atoms with van der Waals surface area (Å²) in [5.41, 5.74) is 2.68. The Kier molecular flexibility index (Phi) is 6.53. The molecule has 31 heavy (non-hydrogen) atoms. The lowest BCUT2D eigenvalue weighted by Crippen LogP contribution is -2.51. The summed E-state index contributed by atoms with van der Waals surface area (Å²) in [7, 11) is -3.44.